The van der Waals surface area contributed by atoms with Crippen LogP contribution in [0.25, 0.3) is 0 Å². The fourth-order valence-electron chi connectivity index (χ4n) is 1.25. The highest BCUT2D eigenvalue weighted by molar-refractivity contribution is 5.69. The third kappa shape index (κ3) is 3.54. The summed E-state index contributed by atoms with van der Waals surface area (Å²) in [6, 6.07) is 0. The molecule has 16 heavy (non-hydrogen) atoms. The maximum atomic E-state index is 11.3. The molecule has 0 amide bonds. The minimum atomic E-state index is -0.376. The zero-order chi connectivity index (χ0) is 11.4. The highest BCUT2D eigenvalue weighted by Crippen LogP contribution is 2.28. The lowest BCUT2D eigenvalue weighted by atomic mass is 10.5. The number of nitrogens with two attached hydrogens (primary N) is 1. The molecule has 0 spiro atoms. The van der Waals surface area contributed by atoms with Gasteiger partial charge in [-0.05, 0) is 18.8 Å². The molecule has 6 heteroatoms. The number of carbonyl (C=O) groups excluding carboxylic acids is 1. The van der Waals surface area contributed by atoms with Crippen LogP contribution in [0.1, 0.15) is 12.8 Å². The third-order valence-corrected chi connectivity index (χ3v) is 2.30. The highest BCUT2D eigenvalue weighted by Gasteiger charge is 2.21. The van der Waals surface area contributed by atoms with Crippen molar-refractivity contribution in [1.82, 2.24) is 9.78 Å². The lowest BCUT2D eigenvalue weighted by molar-refractivity contribution is -0.157. The normalized spacial score (nSPS) is 15.0. The van der Waals surface area contributed by atoms with Crippen molar-refractivity contribution in [3.05, 3.63) is 12.4 Å². The summed E-state index contributed by atoms with van der Waals surface area (Å²) in [5, 5.41) is 3.87. The monoisotopic (exact) mass is 225 g/mol. The zero-order valence-corrected chi connectivity index (χ0v) is 8.96. The van der Waals surface area contributed by atoms with Crippen molar-refractivity contribution in [2.24, 2.45) is 5.92 Å². The van der Waals surface area contributed by atoms with Gasteiger partial charge >= 0.3 is 5.97 Å². The average molecular weight is 225 g/mol. The summed E-state index contributed by atoms with van der Waals surface area (Å²) in [5.74, 6) is 0.295. The van der Waals surface area contributed by atoms with Crippen LogP contribution >= 0.6 is 0 Å². The van der Waals surface area contributed by atoms with E-state index in [2.05, 4.69) is 5.10 Å². The van der Waals surface area contributed by atoms with Crippen LogP contribution in [0.5, 0.6) is 0 Å². The van der Waals surface area contributed by atoms with Crippen LogP contribution in [0.4, 0.5) is 5.69 Å². The first-order valence-corrected chi connectivity index (χ1v) is 5.25. The lowest BCUT2D eigenvalue weighted by Crippen LogP contribution is -2.16. The second kappa shape index (κ2) is 4.98. The average Bonchev–Trinajstić information content (AvgIpc) is 2.98. The quantitative estimate of drug-likeness (QED) is 0.430. The molecule has 0 aromatic carbocycles. The van der Waals surface area contributed by atoms with Crippen LogP contribution < -0.4 is 5.73 Å². The van der Waals surface area contributed by atoms with Gasteiger partial charge < -0.3 is 15.2 Å². The van der Waals surface area contributed by atoms with E-state index in [1.807, 2.05) is 0 Å². The first-order valence-electron chi connectivity index (χ1n) is 5.25. The molecule has 2 N–H and O–H groups in total. The van der Waals surface area contributed by atoms with E-state index in [4.69, 9.17) is 15.2 Å². The van der Waals surface area contributed by atoms with E-state index >= 15 is 0 Å². The van der Waals surface area contributed by atoms with Gasteiger partial charge in [0.15, 0.2) is 6.79 Å². The molecule has 6 nitrogen and oxygen atoms in total. The summed E-state index contributed by atoms with van der Waals surface area (Å²) in [7, 11) is 0. The molecule has 88 valence electrons. The SMILES string of the molecule is Nc1cnn(CC(=O)OCOCC2CC2)c1. The molecule has 2 rings (SSSR count). The van der Waals surface area contributed by atoms with Crippen molar-refractivity contribution in [2.75, 3.05) is 19.1 Å². The summed E-state index contributed by atoms with van der Waals surface area (Å²) >= 11 is 0. The molecule has 0 radical (unpaired) electrons. The smallest absolute Gasteiger partial charge is 0.329 e. The summed E-state index contributed by atoms with van der Waals surface area (Å²) < 4.78 is 11.5. The molecule has 0 unspecified atom stereocenters. The van der Waals surface area contributed by atoms with Gasteiger partial charge in [0.25, 0.3) is 0 Å². The van der Waals surface area contributed by atoms with Gasteiger partial charge in [0, 0.05) is 6.20 Å². The van der Waals surface area contributed by atoms with Gasteiger partial charge in [-0.15, -0.1) is 0 Å². The summed E-state index contributed by atoms with van der Waals surface area (Å²) in [5.41, 5.74) is 5.98. The van der Waals surface area contributed by atoms with Gasteiger partial charge in [-0.2, -0.15) is 5.10 Å². The van der Waals surface area contributed by atoms with Gasteiger partial charge in [-0.1, -0.05) is 0 Å². The number of anilines is 1. The molecule has 0 saturated heterocycles. The Labute approximate surface area is 93.3 Å². The van der Waals surface area contributed by atoms with Crippen LogP contribution in [0.15, 0.2) is 12.4 Å². The van der Waals surface area contributed by atoms with E-state index in [1.54, 1.807) is 6.20 Å². The van der Waals surface area contributed by atoms with E-state index in [-0.39, 0.29) is 19.3 Å². The van der Waals surface area contributed by atoms with Crippen molar-refractivity contribution in [3.8, 4) is 0 Å². The Kier molecular flexibility index (Phi) is 3.40. The molecule has 1 saturated carbocycles. The second-order valence-corrected chi connectivity index (χ2v) is 3.92. The van der Waals surface area contributed by atoms with Gasteiger partial charge in [-0.3, -0.25) is 4.68 Å². The molecule has 1 heterocycles. The van der Waals surface area contributed by atoms with Gasteiger partial charge in [0.05, 0.1) is 18.5 Å². The Morgan fingerprint density at radius 2 is 2.44 bits per heavy atom. The van der Waals surface area contributed by atoms with Gasteiger partial charge in [0.1, 0.15) is 6.54 Å². The zero-order valence-electron chi connectivity index (χ0n) is 8.96. The summed E-state index contributed by atoms with van der Waals surface area (Å²) in [4.78, 5) is 11.3. The van der Waals surface area contributed by atoms with E-state index in [9.17, 15) is 4.79 Å². The van der Waals surface area contributed by atoms with Crippen LogP contribution in [0, 0.1) is 5.92 Å². The van der Waals surface area contributed by atoms with Gasteiger partial charge in [-0.25, -0.2) is 4.79 Å². The van der Waals surface area contributed by atoms with Crippen molar-refractivity contribution in [1.29, 1.82) is 0 Å². The number of rotatable bonds is 6. The Bertz CT molecular complexity index is 360. The van der Waals surface area contributed by atoms with E-state index < -0.39 is 0 Å². The maximum Gasteiger partial charge on any atom is 0.329 e. The second-order valence-electron chi connectivity index (χ2n) is 3.92. The fourth-order valence-corrected chi connectivity index (χ4v) is 1.25. The first-order chi connectivity index (χ1) is 7.74. The van der Waals surface area contributed by atoms with Crippen LogP contribution in [0.2, 0.25) is 0 Å². The molecule has 1 aromatic rings. The summed E-state index contributed by atoms with van der Waals surface area (Å²) in [6.07, 6.45) is 5.50. The Morgan fingerprint density at radius 1 is 1.62 bits per heavy atom. The number of aromatic nitrogens is 2. The molecule has 1 fully saturated rings. The largest absolute Gasteiger partial charge is 0.437 e. The summed E-state index contributed by atoms with van der Waals surface area (Å²) in [6.45, 7) is 0.762. The van der Waals surface area contributed by atoms with Gasteiger partial charge in [0.2, 0.25) is 0 Å². The van der Waals surface area contributed by atoms with Crippen molar-refractivity contribution in [3.63, 3.8) is 0 Å². The van der Waals surface area contributed by atoms with Crippen LogP contribution in [0.3, 0.4) is 0 Å². The molecular formula is C10H15N3O3. The number of nitrogen functional groups attached to an aromatic ring is 1. The van der Waals surface area contributed by atoms with Crippen LogP contribution in [-0.4, -0.2) is 29.1 Å². The number of ether oxygens (including phenoxy) is 2. The molecule has 1 aromatic heterocycles. The number of hydrogen-bond acceptors (Lipinski definition) is 5. The van der Waals surface area contributed by atoms with Crippen molar-refractivity contribution >= 4 is 11.7 Å². The Hall–Kier alpha value is -1.56. The molecule has 1 aliphatic carbocycles. The van der Waals surface area contributed by atoms with Crippen molar-refractivity contribution in [2.45, 2.75) is 19.4 Å². The number of esters is 1. The van der Waals surface area contributed by atoms with Crippen LogP contribution in [-0.2, 0) is 20.8 Å². The molecule has 0 aliphatic heterocycles. The van der Waals surface area contributed by atoms with Crippen molar-refractivity contribution < 1.29 is 14.3 Å². The Balaban J connectivity index is 1.59. The minimum Gasteiger partial charge on any atom is -0.437 e. The molecule has 0 bridgehead atoms. The highest BCUT2D eigenvalue weighted by atomic mass is 16.7. The topological polar surface area (TPSA) is 79.4 Å². The number of hydrogen-bond donors (Lipinski definition) is 1. The third-order valence-electron chi connectivity index (χ3n) is 2.30. The van der Waals surface area contributed by atoms with E-state index in [0.717, 1.165) is 0 Å². The van der Waals surface area contributed by atoms with E-state index in [1.165, 1.54) is 23.7 Å². The standard InChI is InChI=1S/C10H15N3O3/c11-9-3-12-13(4-9)5-10(14)16-7-15-6-8-1-2-8/h3-4,8H,1-2,5-7,11H2. The fraction of sp³-hybridized carbons (Fsp3) is 0.600. The molecule has 1 aliphatic rings. The predicted molar refractivity (Wildman–Crippen MR) is 56.3 cm³/mol. The first kappa shape index (κ1) is 10.9. The van der Waals surface area contributed by atoms with E-state index in [0.29, 0.717) is 18.2 Å². The Morgan fingerprint density at radius 3 is 3.06 bits per heavy atom. The molecule has 0 atom stereocenters. The predicted octanol–water partition coefficient (Wildman–Crippen LogP) is 0.393. The lowest BCUT2D eigenvalue weighted by Gasteiger charge is -2.05. The maximum absolute atomic E-state index is 11.3. The molecular weight excluding hydrogens is 210 g/mol. The number of carbonyl (C=O) groups is 1. The number of nitrogens with zero attached hydrogens (tertiary/aromatic N) is 2. The minimum absolute atomic E-state index is 0.0199.